The summed E-state index contributed by atoms with van der Waals surface area (Å²) in [5, 5.41) is 0. The molecule has 27 heavy (non-hydrogen) atoms. The van der Waals surface area contributed by atoms with Crippen molar-refractivity contribution in [2.45, 2.75) is 136 Å². The third kappa shape index (κ3) is 21.8. The fraction of sp³-hybridized carbons (Fsp3) is 0.920. The van der Waals surface area contributed by atoms with Crippen molar-refractivity contribution >= 4 is 0 Å². The molecule has 0 rings (SSSR count). The van der Waals surface area contributed by atoms with Gasteiger partial charge in [0.2, 0.25) is 0 Å². The van der Waals surface area contributed by atoms with Crippen LogP contribution < -0.4 is 0 Å². The maximum absolute atomic E-state index is 6.07. The van der Waals surface area contributed by atoms with Gasteiger partial charge in [0.1, 0.15) is 0 Å². The third-order valence-corrected chi connectivity index (χ3v) is 5.04. The van der Waals surface area contributed by atoms with Crippen LogP contribution >= 0.6 is 0 Å². The summed E-state index contributed by atoms with van der Waals surface area (Å²) >= 11 is 0. The lowest BCUT2D eigenvalue weighted by molar-refractivity contribution is -0.148. The Hall–Kier alpha value is -0.340. The molecule has 0 saturated heterocycles. The Morgan fingerprint density at radius 3 is 1.59 bits per heavy atom. The van der Waals surface area contributed by atoms with E-state index in [4.69, 9.17) is 9.47 Å². The van der Waals surface area contributed by atoms with Crippen LogP contribution in [-0.4, -0.2) is 19.5 Å². The summed E-state index contributed by atoms with van der Waals surface area (Å²) in [6.07, 6.45) is 26.2. The Morgan fingerprint density at radius 2 is 1.04 bits per heavy atom. The van der Waals surface area contributed by atoms with Crippen molar-refractivity contribution in [3.05, 3.63) is 12.2 Å². The van der Waals surface area contributed by atoms with Gasteiger partial charge in [-0.2, -0.15) is 0 Å². The highest BCUT2D eigenvalue weighted by Gasteiger charge is 2.09. The number of rotatable bonds is 22. The summed E-state index contributed by atoms with van der Waals surface area (Å²) < 4.78 is 12.1. The molecular weight excluding hydrogens is 332 g/mol. The van der Waals surface area contributed by atoms with Gasteiger partial charge in [-0.25, -0.2) is 0 Å². The second-order valence-electron chi connectivity index (χ2n) is 7.90. The Kier molecular flexibility index (Phi) is 23.4. The lowest BCUT2D eigenvalue weighted by Crippen LogP contribution is -2.19. The molecule has 0 aromatic carbocycles. The van der Waals surface area contributed by atoms with Gasteiger partial charge in [-0.3, -0.25) is 0 Å². The molecule has 0 aromatic rings. The average molecular weight is 383 g/mol. The van der Waals surface area contributed by atoms with E-state index in [1.54, 1.807) is 0 Å². The predicted molar refractivity (Wildman–Crippen MR) is 120 cm³/mol. The largest absolute Gasteiger partial charge is 0.353 e. The smallest absolute Gasteiger partial charge is 0.157 e. The Bertz CT molecular complexity index is 272. The molecule has 0 atom stereocenters. The van der Waals surface area contributed by atoms with Crippen LogP contribution in [0.3, 0.4) is 0 Å². The second-order valence-corrected chi connectivity index (χ2v) is 7.90. The standard InChI is InChI=1S/C25H50O2/c1-4-7-10-13-14-15-16-19-22-25(26-23-20-17-11-8-5-2)27-24-21-18-12-9-6-3/h10,13,25H,4-9,11-12,14-24H2,1-3H3. The van der Waals surface area contributed by atoms with E-state index in [0.717, 1.165) is 19.6 Å². The Labute approximate surface area is 171 Å². The summed E-state index contributed by atoms with van der Waals surface area (Å²) in [4.78, 5) is 0. The van der Waals surface area contributed by atoms with Crippen molar-refractivity contribution in [3.63, 3.8) is 0 Å². The van der Waals surface area contributed by atoms with Gasteiger partial charge in [-0.1, -0.05) is 97.1 Å². The van der Waals surface area contributed by atoms with Gasteiger partial charge in [-0.05, 0) is 44.9 Å². The molecule has 0 fully saturated rings. The summed E-state index contributed by atoms with van der Waals surface area (Å²) in [5.41, 5.74) is 0. The van der Waals surface area contributed by atoms with Gasteiger partial charge in [0, 0.05) is 13.2 Å². The van der Waals surface area contributed by atoms with Crippen molar-refractivity contribution in [3.8, 4) is 0 Å². The molecule has 0 aliphatic rings. The average Bonchev–Trinajstić information content (AvgIpc) is 2.68. The molecule has 0 heterocycles. The second kappa shape index (κ2) is 23.7. The molecule has 0 bridgehead atoms. The minimum Gasteiger partial charge on any atom is -0.353 e. The summed E-state index contributed by atoms with van der Waals surface area (Å²) in [6.45, 7) is 8.49. The van der Waals surface area contributed by atoms with Crippen LogP contribution in [0.1, 0.15) is 130 Å². The van der Waals surface area contributed by atoms with E-state index in [0.29, 0.717) is 0 Å². The van der Waals surface area contributed by atoms with E-state index < -0.39 is 0 Å². The zero-order valence-electron chi connectivity index (χ0n) is 19.0. The van der Waals surface area contributed by atoms with Gasteiger partial charge in [0.25, 0.3) is 0 Å². The van der Waals surface area contributed by atoms with Gasteiger partial charge in [0.15, 0.2) is 6.29 Å². The molecule has 0 aromatic heterocycles. The van der Waals surface area contributed by atoms with Gasteiger partial charge in [0.05, 0.1) is 0 Å². The van der Waals surface area contributed by atoms with Crippen LogP contribution in [0.25, 0.3) is 0 Å². The highest BCUT2D eigenvalue weighted by atomic mass is 16.7. The zero-order valence-corrected chi connectivity index (χ0v) is 19.0. The molecule has 0 amide bonds. The molecule has 2 nitrogen and oxygen atoms in total. The van der Waals surface area contributed by atoms with Crippen molar-refractivity contribution in [2.75, 3.05) is 13.2 Å². The minimum atomic E-state index is 0.0259. The van der Waals surface area contributed by atoms with E-state index >= 15 is 0 Å². The monoisotopic (exact) mass is 382 g/mol. The molecule has 0 N–H and O–H groups in total. The van der Waals surface area contributed by atoms with Gasteiger partial charge >= 0.3 is 0 Å². The topological polar surface area (TPSA) is 18.5 Å². The molecule has 0 unspecified atom stereocenters. The first-order valence-corrected chi connectivity index (χ1v) is 12.2. The highest BCUT2D eigenvalue weighted by Crippen LogP contribution is 2.13. The molecule has 0 aliphatic carbocycles. The minimum absolute atomic E-state index is 0.0259. The number of allylic oxidation sites excluding steroid dienone is 2. The predicted octanol–water partition coefficient (Wildman–Crippen LogP) is 8.59. The number of hydrogen-bond donors (Lipinski definition) is 0. The van der Waals surface area contributed by atoms with Crippen LogP contribution in [0, 0.1) is 0 Å². The fourth-order valence-corrected chi connectivity index (χ4v) is 3.21. The first-order chi connectivity index (χ1) is 13.3. The molecule has 162 valence electrons. The van der Waals surface area contributed by atoms with Gasteiger partial charge in [-0.15, -0.1) is 0 Å². The maximum atomic E-state index is 6.07. The lowest BCUT2D eigenvalue weighted by Gasteiger charge is -2.19. The SMILES string of the molecule is CCCC=CCCCCCC(OCCCCCCC)OCCCCCCC. The lowest BCUT2D eigenvalue weighted by atomic mass is 10.1. The fourth-order valence-electron chi connectivity index (χ4n) is 3.21. The first-order valence-electron chi connectivity index (χ1n) is 12.2. The van der Waals surface area contributed by atoms with Crippen molar-refractivity contribution in [1.29, 1.82) is 0 Å². The normalized spacial score (nSPS) is 11.9. The van der Waals surface area contributed by atoms with Crippen LogP contribution in [0.5, 0.6) is 0 Å². The number of ether oxygens (including phenoxy) is 2. The molecule has 0 saturated carbocycles. The Morgan fingerprint density at radius 1 is 0.519 bits per heavy atom. The zero-order chi connectivity index (χ0) is 19.8. The van der Waals surface area contributed by atoms with E-state index in [1.807, 2.05) is 0 Å². The third-order valence-electron chi connectivity index (χ3n) is 5.04. The highest BCUT2D eigenvalue weighted by molar-refractivity contribution is 4.80. The van der Waals surface area contributed by atoms with Crippen LogP contribution in [0.2, 0.25) is 0 Å². The van der Waals surface area contributed by atoms with Gasteiger partial charge < -0.3 is 9.47 Å². The van der Waals surface area contributed by atoms with Crippen molar-refractivity contribution < 1.29 is 9.47 Å². The maximum Gasteiger partial charge on any atom is 0.157 e. The van der Waals surface area contributed by atoms with Crippen LogP contribution in [0.4, 0.5) is 0 Å². The number of unbranched alkanes of at least 4 members (excludes halogenated alkanes) is 12. The molecule has 0 radical (unpaired) electrons. The van der Waals surface area contributed by atoms with E-state index in [1.165, 1.54) is 103 Å². The van der Waals surface area contributed by atoms with Crippen LogP contribution in [-0.2, 0) is 9.47 Å². The van der Waals surface area contributed by atoms with E-state index in [9.17, 15) is 0 Å². The first kappa shape index (κ1) is 26.7. The number of hydrogen-bond acceptors (Lipinski definition) is 2. The molecular formula is C25H50O2. The molecule has 0 spiro atoms. The van der Waals surface area contributed by atoms with E-state index in [-0.39, 0.29) is 6.29 Å². The summed E-state index contributed by atoms with van der Waals surface area (Å²) in [5.74, 6) is 0. The molecule has 2 heteroatoms. The summed E-state index contributed by atoms with van der Waals surface area (Å²) in [7, 11) is 0. The summed E-state index contributed by atoms with van der Waals surface area (Å²) in [6, 6.07) is 0. The van der Waals surface area contributed by atoms with Crippen LogP contribution in [0.15, 0.2) is 12.2 Å². The van der Waals surface area contributed by atoms with E-state index in [2.05, 4.69) is 32.9 Å². The van der Waals surface area contributed by atoms with Crippen molar-refractivity contribution in [1.82, 2.24) is 0 Å². The Balaban J connectivity index is 3.83. The molecule has 0 aliphatic heterocycles. The quantitative estimate of drug-likeness (QED) is 0.106. The van der Waals surface area contributed by atoms with Crippen molar-refractivity contribution in [2.24, 2.45) is 0 Å².